The fourth-order valence-electron chi connectivity index (χ4n) is 3.75. The normalized spacial score (nSPS) is 10.8. The summed E-state index contributed by atoms with van der Waals surface area (Å²) in [5.74, 6) is 0.829. The number of rotatable bonds is 7. The summed E-state index contributed by atoms with van der Waals surface area (Å²) in [6.45, 7) is 0.422. The summed E-state index contributed by atoms with van der Waals surface area (Å²) in [6.07, 6.45) is 0. The zero-order valence-electron chi connectivity index (χ0n) is 17.5. The van der Waals surface area contributed by atoms with Gasteiger partial charge >= 0.3 is 5.97 Å². The maximum absolute atomic E-state index is 12.0. The van der Waals surface area contributed by atoms with E-state index in [9.17, 15) is 9.90 Å². The largest absolute Gasteiger partial charge is 0.493 e. The van der Waals surface area contributed by atoms with Crippen LogP contribution in [0.25, 0.3) is 21.5 Å². The van der Waals surface area contributed by atoms with Crippen LogP contribution in [0, 0.1) is 0 Å². The molecule has 31 heavy (non-hydrogen) atoms. The molecular formula is C25H22O6. The first kappa shape index (κ1) is 20.3. The maximum Gasteiger partial charge on any atom is 0.336 e. The van der Waals surface area contributed by atoms with Gasteiger partial charge in [-0.15, -0.1) is 0 Å². The predicted molar refractivity (Wildman–Crippen MR) is 119 cm³/mol. The molecule has 4 rings (SSSR count). The summed E-state index contributed by atoms with van der Waals surface area (Å²) in [5.41, 5.74) is 1.21. The van der Waals surface area contributed by atoms with Crippen molar-refractivity contribution in [3.63, 3.8) is 0 Å². The van der Waals surface area contributed by atoms with E-state index in [0.717, 1.165) is 16.3 Å². The molecule has 0 aliphatic rings. The molecule has 0 saturated carbocycles. The van der Waals surface area contributed by atoms with Crippen molar-refractivity contribution in [3.8, 4) is 23.0 Å². The Morgan fingerprint density at radius 3 is 2.23 bits per heavy atom. The van der Waals surface area contributed by atoms with Crippen molar-refractivity contribution < 1.29 is 28.8 Å². The van der Waals surface area contributed by atoms with E-state index >= 15 is 0 Å². The summed E-state index contributed by atoms with van der Waals surface area (Å²) in [6, 6.07) is 18.7. The third kappa shape index (κ3) is 3.68. The molecule has 0 aliphatic heterocycles. The topological polar surface area (TPSA) is 74.2 Å². The number of carboxylic acids is 1. The molecule has 0 amide bonds. The summed E-state index contributed by atoms with van der Waals surface area (Å²) >= 11 is 0. The summed E-state index contributed by atoms with van der Waals surface area (Å²) in [7, 11) is 4.54. The smallest absolute Gasteiger partial charge is 0.336 e. The number of benzene rings is 4. The van der Waals surface area contributed by atoms with Crippen LogP contribution >= 0.6 is 0 Å². The molecule has 0 atom stereocenters. The average Bonchev–Trinajstić information content (AvgIpc) is 2.81. The lowest BCUT2D eigenvalue weighted by molar-refractivity contribution is 0.0699. The zero-order valence-corrected chi connectivity index (χ0v) is 17.5. The first-order valence-corrected chi connectivity index (χ1v) is 9.66. The van der Waals surface area contributed by atoms with Crippen molar-refractivity contribution in [1.82, 2.24) is 0 Å². The molecule has 0 aliphatic carbocycles. The van der Waals surface area contributed by atoms with Gasteiger partial charge in [0, 0.05) is 10.8 Å². The Morgan fingerprint density at radius 1 is 0.839 bits per heavy atom. The van der Waals surface area contributed by atoms with Gasteiger partial charge in [0.15, 0.2) is 11.5 Å². The van der Waals surface area contributed by atoms with E-state index in [1.54, 1.807) is 12.1 Å². The highest BCUT2D eigenvalue weighted by molar-refractivity contribution is 6.19. The van der Waals surface area contributed by atoms with Gasteiger partial charge in [-0.05, 0) is 40.6 Å². The van der Waals surface area contributed by atoms with Gasteiger partial charge in [-0.2, -0.15) is 0 Å². The molecule has 6 heteroatoms. The maximum atomic E-state index is 12.0. The lowest BCUT2D eigenvalue weighted by Crippen LogP contribution is -2.02. The van der Waals surface area contributed by atoms with E-state index in [1.165, 1.54) is 21.3 Å². The number of aromatic carboxylic acids is 1. The molecule has 0 unspecified atom stereocenters. The molecule has 4 aromatic rings. The highest BCUT2D eigenvalue weighted by atomic mass is 16.5. The van der Waals surface area contributed by atoms with Crippen LogP contribution in [-0.4, -0.2) is 32.4 Å². The third-order valence-electron chi connectivity index (χ3n) is 5.19. The van der Waals surface area contributed by atoms with Gasteiger partial charge in [-0.1, -0.05) is 36.4 Å². The Labute approximate surface area is 179 Å². The molecule has 0 spiro atoms. The Bertz CT molecular complexity index is 1260. The molecule has 158 valence electrons. The minimum absolute atomic E-state index is 0.153. The van der Waals surface area contributed by atoms with Crippen molar-refractivity contribution in [2.75, 3.05) is 21.3 Å². The Morgan fingerprint density at radius 2 is 1.58 bits per heavy atom. The molecule has 0 fully saturated rings. The molecule has 0 aromatic heterocycles. The first-order chi connectivity index (χ1) is 15.1. The van der Waals surface area contributed by atoms with Crippen LogP contribution in [0.15, 0.2) is 60.7 Å². The summed E-state index contributed by atoms with van der Waals surface area (Å²) in [5, 5.41) is 12.5. The Kier molecular flexibility index (Phi) is 5.54. The second kappa shape index (κ2) is 8.44. The number of carboxylic acid groups (broad SMARTS) is 1. The average molecular weight is 418 g/mol. The van der Waals surface area contributed by atoms with Crippen LogP contribution in [0.4, 0.5) is 0 Å². The van der Waals surface area contributed by atoms with Gasteiger partial charge in [-0.3, -0.25) is 0 Å². The number of fused-ring (bicyclic) bond motifs is 3. The lowest BCUT2D eigenvalue weighted by atomic mass is 9.95. The Hall–Kier alpha value is -3.93. The highest BCUT2D eigenvalue weighted by Crippen LogP contribution is 2.47. The van der Waals surface area contributed by atoms with Gasteiger partial charge in [0.05, 0.1) is 26.9 Å². The van der Waals surface area contributed by atoms with Crippen LogP contribution in [0.5, 0.6) is 23.0 Å². The molecule has 0 radical (unpaired) electrons. The fraction of sp³-hybridized carbons (Fsp3) is 0.160. The van der Waals surface area contributed by atoms with Crippen LogP contribution in [0.2, 0.25) is 0 Å². The number of ether oxygens (including phenoxy) is 4. The first-order valence-electron chi connectivity index (χ1n) is 9.66. The standard InChI is InChI=1S/C25H22O6/c1-28-21-13-19-20(25(26)27)11-16-9-10-17(31-14-15-7-5-4-6-8-15)12-18(16)22(19)24(30-3)23(21)29-2/h4-13H,14H2,1-3H3,(H,26,27). The van der Waals surface area contributed by atoms with Crippen LogP contribution in [0.1, 0.15) is 15.9 Å². The third-order valence-corrected chi connectivity index (χ3v) is 5.19. The SMILES string of the molecule is COc1cc2c(C(=O)O)cc3ccc(OCc4ccccc4)cc3c2c(OC)c1OC. The van der Waals surface area contributed by atoms with Crippen molar-refractivity contribution in [2.45, 2.75) is 6.61 Å². The fourth-order valence-corrected chi connectivity index (χ4v) is 3.75. The molecule has 0 saturated heterocycles. The zero-order chi connectivity index (χ0) is 22.0. The molecular weight excluding hydrogens is 396 g/mol. The van der Waals surface area contributed by atoms with E-state index in [2.05, 4.69) is 0 Å². The van der Waals surface area contributed by atoms with Gasteiger partial charge in [-0.25, -0.2) is 4.79 Å². The predicted octanol–water partition coefficient (Wildman–Crippen LogP) is 5.30. The Balaban J connectivity index is 1.96. The second-order valence-corrected chi connectivity index (χ2v) is 6.95. The molecule has 0 bridgehead atoms. The van der Waals surface area contributed by atoms with Crippen molar-refractivity contribution in [2.24, 2.45) is 0 Å². The minimum Gasteiger partial charge on any atom is -0.493 e. The quantitative estimate of drug-likeness (QED) is 0.411. The number of hydrogen-bond donors (Lipinski definition) is 1. The second-order valence-electron chi connectivity index (χ2n) is 6.95. The van der Waals surface area contributed by atoms with Crippen molar-refractivity contribution in [1.29, 1.82) is 0 Å². The summed E-state index contributed by atoms with van der Waals surface area (Å²) < 4.78 is 22.6. The van der Waals surface area contributed by atoms with Crippen molar-refractivity contribution in [3.05, 3.63) is 71.8 Å². The minimum atomic E-state index is -1.04. The summed E-state index contributed by atoms with van der Waals surface area (Å²) in [4.78, 5) is 12.0. The monoisotopic (exact) mass is 418 g/mol. The van der Waals surface area contributed by atoms with Gasteiger partial charge in [0.1, 0.15) is 12.4 Å². The molecule has 6 nitrogen and oxygen atoms in total. The van der Waals surface area contributed by atoms with Gasteiger partial charge < -0.3 is 24.1 Å². The molecule has 1 N–H and O–H groups in total. The van der Waals surface area contributed by atoms with E-state index in [1.807, 2.05) is 48.5 Å². The van der Waals surface area contributed by atoms with Crippen LogP contribution < -0.4 is 18.9 Å². The highest BCUT2D eigenvalue weighted by Gasteiger charge is 2.22. The molecule has 4 aromatic carbocycles. The van der Waals surface area contributed by atoms with Gasteiger partial charge in [0.25, 0.3) is 0 Å². The molecule has 0 heterocycles. The lowest BCUT2D eigenvalue weighted by Gasteiger charge is -2.18. The van der Waals surface area contributed by atoms with Crippen molar-refractivity contribution >= 4 is 27.5 Å². The van der Waals surface area contributed by atoms with E-state index < -0.39 is 5.97 Å². The van der Waals surface area contributed by atoms with E-state index in [0.29, 0.717) is 40.4 Å². The van der Waals surface area contributed by atoms with Crippen LogP contribution in [-0.2, 0) is 6.61 Å². The van der Waals surface area contributed by atoms with Gasteiger partial charge in [0.2, 0.25) is 5.75 Å². The van der Waals surface area contributed by atoms with Crippen LogP contribution in [0.3, 0.4) is 0 Å². The number of carbonyl (C=O) groups is 1. The number of methoxy groups -OCH3 is 3. The number of hydrogen-bond acceptors (Lipinski definition) is 5. The van der Waals surface area contributed by atoms with E-state index in [4.69, 9.17) is 18.9 Å². The van der Waals surface area contributed by atoms with E-state index in [-0.39, 0.29) is 5.56 Å².